The zero-order chi connectivity index (χ0) is 14.2. The van der Waals surface area contributed by atoms with Crippen molar-refractivity contribution in [1.82, 2.24) is 0 Å². The zero-order valence-electron chi connectivity index (χ0n) is 11.8. The number of benzene rings is 1. The Labute approximate surface area is 119 Å². The quantitative estimate of drug-likeness (QED) is 0.626. The van der Waals surface area contributed by atoms with Gasteiger partial charge in [-0.05, 0) is 19.4 Å². The Bertz CT molecular complexity index is 471. The third-order valence-electron chi connectivity index (χ3n) is 3.54. The Morgan fingerprint density at radius 3 is 2.70 bits per heavy atom. The molecule has 0 aromatic heterocycles. The molecule has 1 aromatic rings. The van der Waals surface area contributed by atoms with Gasteiger partial charge >= 0.3 is 0 Å². The second kappa shape index (κ2) is 5.30. The molecule has 1 aromatic carbocycles. The SMILES string of the molecule is CC1(C)O[C@H]2O[C@@H](C=[13CH2])[C@H](OCc3ccccc3)[C@H]2O1. The molecule has 2 heterocycles. The lowest BCUT2D eigenvalue weighted by atomic mass is 10.1. The Kier molecular flexibility index (Phi) is 3.65. The van der Waals surface area contributed by atoms with Crippen LogP contribution in [-0.2, 0) is 25.6 Å². The lowest BCUT2D eigenvalue weighted by Gasteiger charge is -2.24. The second-order valence-electron chi connectivity index (χ2n) is 5.57. The summed E-state index contributed by atoms with van der Waals surface area (Å²) in [7, 11) is 0. The third kappa shape index (κ3) is 2.65. The minimum atomic E-state index is -0.629. The van der Waals surface area contributed by atoms with Gasteiger partial charge < -0.3 is 18.9 Å². The summed E-state index contributed by atoms with van der Waals surface area (Å²) in [6.45, 7) is 8.08. The van der Waals surface area contributed by atoms with E-state index in [2.05, 4.69) is 6.58 Å². The summed E-state index contributed by atoms with van der Waals surface area (Å²) >= 11 is 0. The summed E-state index contributed by atoms with van der Waals surface area (Å²) in [5, 5.41) is 0. The second-order valence-corrected chi connectivity index (χ2v) is 5.57. The van der Waals surface area contributed by atoms with Crippen molar-refractivity contribution in [2.75, 3.05) is 0 Å². The predicted molar refractivity (Wildman–Crippen MR) is 73.9 cm³/mol. The molecule has 0 aliphatic carbocycles. The number of hydrogen-bond acceptors (Lipinski definition) is 4. The third-order valence-corrected chi connectivity index (χ3v) is 3.54. The summed E-state index contributed by atoms with van der Waals surface area (Å²) in [4.78, 5) is 0. The monoisotopic (exact) mass is 277 g/mol. The first kappa shape index (κ1) is 13.8. The van der Waals surface area contributed by atoms with Crippen LogP contribution in [0.4, 0.5) is 0 Å². The lowest BCUT2D eigenvalue weighted by molar-refractivity contribution is -0.213. The average molecular weight is 277 g/mol. The number of hydrogen-bond donors (Lipinski definition) is 0. The van der Waals surface area contributed by atoms with Gasteiger partial charge in [-0.1, -0.05) is 36.4 Å². The van der Waals surface area contributed by atoms with Crippen molar-refractivity contribution in [3.05, 3.63) is 48.6 Å². The van der Waals surface area contributed by atoms with E-state index in [1.165, 1.54) is 0 Å². The first-order valence-electron chi connectivity index (χ1n) is 6.88. The standard InChI is InChI=1S/C16H20O4/c1-4-12-13(17-10-11-8-6-5-7-9-11)14-15(18-12)20-16(2,3)19-14/h4-9,12-15H,1,10H2,2-3H3/t12-,13-,14+,15+/m0/s1/i1+1. The maximum Gasteiger partial charge on any atom is 0.190 e. The van der Waals surface area contributed by atoms with Crippen molar-refractivity contribution in [3.8, 4) is 0 Å². The molecule has 2 aliphatic rings. The van der Waals surface area contributed by atoms with E-state index in [4.69, 9.17) is 18.9 Å². The topological polar surface area (TPSA) is 36.9 Å². The number of fused-ring (bicyclic) bond motifs is 1. The molecule has 4 atom stereocenters. The number of ether oxygens (including phenoxy) is 4. The molecule has 0 saturated carbocycles. The molecule has 3 rings (SSSR count). The molecule has 2 saturated heterocycles. The van der Waals surface area contributed by atoms with E-state index in [1.54, 1.807) is 6.08 Å². The Morgan fingerprint density at radius 2 is 2.00 bits per heavy atom. The van der Waals surface area contributed by atoms with E-state index in [9.17, 15) is 0 Å². The van der Waals surface area contributed by atoms with Crippen molar-refractivity contribution >= 4 is 0 Å². The lowest BCUT2D eigenvalue weighted by Crippen LogP contribution is -2.35. The van der Waals surface area contributed by atoms with Gasteiger partial charge in [-0.25, -0.2) is 0 Å². The van der Waals surface area contributed by atoms with Crippen LogP contribution in [0.15, 0.2) is 43.0 Å². The van der Waals surface area contributed by atoms with E-state index in [0.29, 0.717) is 6.61 Å². The van der Waals surface area contributed by atoms with Crippen LogP contribution in [0.25, 0.3) is 0 Å². The minimum Gasteiger partial charge on any atom is -0.368 e. The maximum absolute atomic E-state index is 6.00. The largest absolute Gasteiger partial charge is 0.368 e. The van der Waals surface area contributed by atoms with E-state index in [0.717, 1.165) is 5.56 Å². The fraction of sp³-hybridized carbons (Fsp3) is 0.500. The Morgan fingerprint density at radius 1 is 1.25 bits per heavy atom. The molecule has 2 aliphatic heterocycles. The van der Waals surface area contributed by atoms with Crippen molar-refractivity contribution in [3.63, 3.8) is 0 Å². The maximum atomic E-state index is 6.00. The van der Waals surface area contributed by atoms with Crippen molar-refractivity contribution in [2.24, 2.45) is 0 Å². The summed E-state index contributed by atoms with van der Waals surface area (Å²) in [5.74, 6) is -0.629. The van der Waals surface area contributed by atoms with E-state index >= 15 is 0 Å². The molecule has 108 valence electrons. The molecule has 0 N–H and O–H groups in total. The highest BCUT2D eigenvalue weighted by molar-refractivity contribution is 5.13. The van der Waals surface area contributed by atoms with Gasteiger partial charge in [0.25, 0.3) is 0 Å². The van der Waals surface area contributed by atoms with Gasteiger partial charge in [0.15, 0.2) is 12.1 Å². The van der Waals surface area contributed by atoms with Gasteiger partial charge in [0.1, 0.15) is 18.3 Å². The summed E-state index contributed by atoms with van der Waals surface area (Å²) in [5.41, 5.74) is 1.12. The fourth-order valence-electron chi connectivity index (χ4n) is 2.65. The van der Waals surface area contributed by atoms with Crippen LogP contribution in [0.3, 0.4) is 0 Å². The van der Waals surface area contributed by atoms with Crippen LogP contribution in [0.1, 0.15) is 19.4 Å². The van der Waals surface area contributed by atoms with E-state index in [-0.39, 0.29) is 24.6 Å². The molecular weight excluding hydrogens is 257 g/mol. The Balaban J connectivity index is 1.68. The van der Waals surface area contributed by atoms with Gasteiger partial charge in [-0.3, -0.25) is 0 Å². The smallest absolute Gasteiger partial charge is 0.190 e. The molecule has 4 heteroatoms. The van der Waals surface area contributed by atoms with Crippen LogP contribution in [0.2, 0.25) is 0 Å². The van der Waals surface area contributed by atoms with Crippen LogP contribution in [-0.4, -0.2) is 30.4 Å². The van der Waals surface area contributed by atoms with Gasteiger partial charge in [0.2, 0.25) is 0 Å². The molecule has 0 radical (unpaired) electrons. The molecule has 0 unspecified atom stereocenters. The Hall–Kier alpha value is -1.20. The average Bonchev–Trinajstić information content (AvgIpc) is 2.89. The van der Waals surface area contributed by atoms with Gasteiger partial charge in [0.05, 0.1) is 6.61 Å². The molecule has 4 nitrogen and oxygen atoms in total. The van der Waals surface area contributed by atoms with Gasteiger partial charge in [-0.15, -0.1) is 6.58 Å². The van der Waals surface area contributed by atoms with Crippen LogP contribution >= 0.6 is 0 Å². The first-order valence-corrected chi connectivity index (χ1v) is 6.88. The van der Waals surface area contributed by atoms with Crippen LogP contribution in [0, 0.1) is 0 Å². The van der Waals surface area contributed by atoms with Crippen molar-refractivity contribution in [2.45, 2.75) is 50.8 Å². The van der Waals surface area contributed by atoms with E-state index in [1.807, 2.05) is 44.2 Å². The molecular formula is C16H20O4. The molecule has 0 bridgehead atoms. The van der Waals surface area contributed by atoms with Crippen LogP contribution in [0.5, 0.6) is 0 Å². The highest BCUT2D eigenvalue weighted by atomic mass is 16.8. The minimum absolute atomic E-state index is 0.195. The first-order chi connectivity index (χ1) is 9.59. The van der Waals surface area contributed by atoms with Crippen LogP contribution < -0.4 is 0 Å². The summed E-state index contributed by atoms with van der Waals surface area (Å²) in [6, 6.07) is 10.0. The highest BCUT2D eigenvalue weighted by Gasteiger charge is 2.54. The fourth-order valence-corrected chi connectivity index (χ4v) is 2.65. The van der Waals surface area contributed by atoms with Crippen molar-refractivity contribution < 1.29 is 18.9 Å². The molecule has 0 amide bonds. The van der Waals surface area contributed by atoms with Gasteiger partial charge in [-0.2, -0.15) is 0 Å². The van der Waals surface area contributed by atoms with E-state index < -0.39 is 5.79 Å². The predicted octanol–water partition coefficient (Wildman–Crippen LogP) is 2.63. The molecule has 0 spiro atoms. The van der Waals surface area contributed by atoms with Gasteiger partial charge in [0, 0.05) is 0 Å². The summed E-state index contributed by atoms with van der Waals surface area (Å²) in [6.07, 6.45) is 0.753. The zero-order valence-corrected chi connectivity index (χ0v) is 11.8. The molecule has 2 fully saturated rings. The molecule has 20 heavy (non-hydrogen) atoms. The number of rotatable bonds is 4. The van der Waals surface area contributed by atoms with Crippen molar-refractivity contribution in [1.29, 1.82) is 0 Å². The normalized spacial score (nSPS) is 34.9. The summed E-state index contributed by atoms with van der Waals surface area (Å²) < 4.78 is 23.4. The highest BCUT2D eigenvalue weighted by Crippen LogP contribution is 2.39.